The molecular formula is C11H23N. The van der Waals surface area contributed by atoms with E-state index in [9.17, 15) is 0 Å². The van der Waals surface area contributed by atoms with Gasteiger partial charge >= 0.3 is 0 Å². The highest BCUT2D eigenvalue weighted by molar-refractivity contribution is 4.68. The summed E-state index contributed by atoms with van der Waals surface area (Å²) in [5.74, 6) is 1.87. The van der Waals surface area contributed by atoms with Gasteiger partial charge in [-0.1, -0.05) is 26.7 Å². The van der Waals surface area contributed by atoms with Gasteiger partial charge in [-0.2, -0.15) is 0 Å². The van der Waals surface area contributed by atoms with Crippen LogP contribution in [0, 0.1) is 11.8 Å². The van der Waals surface area contributed by atoms with Gasteiger partial charge < -0.3 is 5.32 Å². The molecule has 0 radical (unpaired) electrons. The summed E-state index contributed by atoms with van der Waals surface area (Å²) in [7, 11) is 0. The van der Waals surface area contributed by atoms with Crippen molar-refractivity contribution in [1.82, 2.24) is 5.32 Å². The van der Waals surface area contributed by atoms with Crippen LogP contribution < -0.4 is 5.32 Å². The van der Waals surface area contributed by atoms with E-state index in [1.54, 1.807) is 0 Å². The molecule has 1 aliphatic rings. The van der Waals surface area contributed by atoms with Gasteiger partial charge in [0, 0.05) is 0 Å². The molecule has 0 aromatic heterocycles. The normalized spacial score (nSPS) is 24.8. The minimum atomic E-state index is 0.890. The molecule has 1 heterocycles. The zero-order valence-corrected chi connectivity index (χ0v) is 8.60. The van der Waals surface area contributed by atoms with Crippen LogP contribution in [0.1, 0.15) is 46.0 Å². The van der Waals surface area contributed by atoms with Gasteiger partial charge in [0.05, 0.1) is 0 Å². The molecule has 1 rings (SSSR count). The predicted octanol–water partition coefficient (Wildman–Crippen LogP) is 2.81. The van der Waals surface area contributed by atoms with E-state index in [4.69, 9.17) is 0 Å². The van der Waals surface area contributed by atoms with Gasteiger partial charge in [0.2, 0.25) is 0 Å². The second-order valence-electron chi connectivity index (χ2n) is 4.54. The Kier molecular flexibility index (Phi) is 4.67. The average Bonchev–Trinajstić information content (AvgIpc) is 2.05. The third-order valence-corrected chi connectivity index (χ3v) is 2.79. The standard InChI is InChI=1S/C11H23N/c1-10(2)5-3-6-11-7-4-8-12-9-11/h10-12H,3-9H2,1-2H3/t11-/m1/s1. The Morgan fingerprint density at radius 1 is 1.42 bits per heavy atom. The number of nitrogens with one attached hydrogen (secondary N) is 1. The Morgan fingerprint density at radius 2 is 2.25 bits per heavy atom. The first-order valence-electron chi connectivity index (χ1n) is 5.49. The molecule has 0 aromatic carbocycles. The van der Waals surface area contributed by atoms with Crippen LogP contribution in [0.5, 0.6) is 0 Å². The summed E-state index contributed by atoms with van der Waals surface area (Å²) in [6.45, 7) is 7.16. The van der Waals surface area contributed by atoms with Gasteiger partial charge in [-0.15, -0.1) is 0 Å². The molecule has 1 aliphatic heterocycles. The van der Waals surface area contributed by atoms with Gasteiger partial charge in [-0.25, -0.2) is 0 Å². The van der Waals surface area contributed by atoms with E-state index >= 15 is 0 Å². The molecular weight excluding hydrogens is 146 g/mol. The lowest BCUT2D eigenvalue weighted by molar-refractivity contribution is 0.340. The first-order valence-corrected chi connectivity index (χ1v) is 5.49. The molecule has 0 unspecified atom stereocenters. The molecule has 72 valence electrons. The van der Waals surface area contributed by atoms with E-state index in [-0.39, 0.29) is 0 Å². The van der Waals surface area contributed by atoms with Crippen LogP contribution in [-0.2, 0) is 0 Å². The topological polar surface area (TPSA) is 12.0 Å². The van der Waals surface area contributed by atoms with Crippen molar-refractivity contribution in [2.24, 2.45) is 11.8 Å². The van der Waals surface area contributed by atoms with Crippen LogP contribution in [0.25, 0.3) is 0 Å². The molecule has 1 heteroatoms. The minimum Gasteiger partial charge on any atom is -0.316 e. The molecule has 0 amide bonds. The highest BCUT2D eigenvalue weighted by Crippen LogP contribution is 2.18. The number of hydrogen-bond donors (Lipinski definition) is 1. The summed E-state index contributed by atoms with van der Waals surface area (Å²) in [5, 5.41) is 3.47. The fourth-order valence-corrected chi connectivity index (χ4v) is 1.99. The van der Waals surface area contributed by atoms with Gasteiger partial charge in [0.1, 0.15) is 0 Å². The Labute approximate surface area is 76.9 Å². The zero-order valence-electron chi connectivity index (χ0n) is 8.60. The summed E-state index contributed by atoms with van der Waals surface area (Å²) >= 11 is 0. The second kappa shape index (κ2) is 5.58. The molecule has 1 saturated heterocycles. The van der Waals surface area contributed by atoms with E-state index < -0.39 is 0 Å². The first-order chi connectivity index (χ1) is 5.79. The molecule has 0 bridgehead atoms. The molecule has 1 nitrogen and oxygen atoms in total. The van der Waals surface area contributed by atoms with E-state index in [0.29, 0.717) is 0 Å². The van der Waals surface area contributed by atoms with Crippen LogP contribution in [0.4, 0.5) is 0 Å². The van der Waals surface area contributed by atoms with Crippen LogP contribution >= 0.6 is 0 Å². The number of piperidine rings is 1. The monoisotopic (exact) mass is 169 g/mol. The maximum atomic E-state index is 3.47. The van der Waals surface area contributed by atoms with Crippen LogP contribution in [-0.4, -0.2) is 13.1 Å². The summed E-state index contributed by atoms with van der Waals surface area (Å²) in [5.41, 5.74) is 0. The number of rotatable bonds is 4. The Hall–Kier alpha value is -0.0400. The molecule has 12 heavy (non-hydrogen) atoms. The smallest absolute Gasteiger partial charge is 0.00205 e. The third kappa shape index (κ3) is 4.10. The fraction of sp³-hybridized carbons (Fsp3) is 1.00. The zero-order chi connectivity index (χ0) is 8.81. The van der Waals surface area contributed by atoms with Gasteiger partial charge in [-0.3, -0.25) is 0 Å². The highest BCUT2D eigenvalue weighted by atomic mass is 14.9. The molecule has 0 aromatic rings. The van der Waals surface area contributed by atoms with Crippen LogP contribution in [0.2, 0.25) is 0 Å². The van der Waals surface area contributed by atoms with Gasteiger partial charge in [0.15, 0.2) is 0 Å². The Balaban J connectivity index is 1.98. The molecule has 1 atom stereocenters. The van der Waals surface area contributed by atoms with Crippen LogP contribution in [0.15, 0.2) is 0 Å². The highest BCUT2D eigenvalue weighted by Gasteiger charge is 2.11. The second-order valence-corrected chi connectivity index (χ2v) is 4.54. The molecule has 0 saturated carbocycles. The Morgan fingerprint density at radius 3 is 2.83 bits per heavy atom. The van der Waals surface area contributed by atoms with E-state index in [0.717, 1.165) is 11.8 Å². The van der Waals surface area contributed by atoms with Crippen molar-refractivity contribution in [2.75, 3.05) is 13.1 Å². The summed E-state index contributed by atoms with van der Waals surface area (Å²) < 4.78 is 0. The van der Waals surface area contributed by atoms with Crippen molar-refractivity contribution < 1.29 is 0 Å². The summed E-state index contributed by atoms with van der Waals surface area (Å²) in [6.07, 6.45) is 7.16. The molecule has 1 N–H and O–H groups in total. The predicted molar refractivity (Wildman–Crippen MR) is 54.3 cm³/mol. The SMILES string of the molecule is CC(C)CCC[C@@H]1CCCNC1. The van der Waals surface area contributed by atoms with Crippen molar-refractivity contribution in [2.45, 2.75) is 46.0 Å². The van der Waals surface area contributed by atoms with E-state index in [1.165, 1.54) is 45.2 Å². The van der Waals surface area contributed by atoms with Gasteiger partial charge in [-0.05, 0) is 44.2 Å². The molecule has 0 aliphatic carbocycles. The third-order valence-electron chi connectivity index (χ3n) is 2.79. The maximum absolute atomic E-state index is 3.47. The van der Waals surface area contributed by atoms with Crippen molar-refractivity contribution >= 4 is 0 Å². The molecule has 0 spiro atoms. The van der Waals surface area contributed by atoms with E-state index in [1.807, 2.05) is 0 Å². The van der Waals surface area contributed by atoms with Crippen molar-refractivity contribution in [3.8, 4) is 0 Å². The summed E-state index contributed by atoms with van der Waals surface area (Å²) in [4.78, 5) is 0. The lowest BCUT2D eigenvalue weighted by Gasteiger charge is -2.22. The maximum Gasteiger partial charge on any atom is -0.00205 e. The minimum absolute atomic E-state index is 0.890. The largest absolute Gasteiger partial charge is 0.316 e. The average molecular weight is 169 g/mol. The number of hydrogen-bond acceptors (Lipinski definition) is 1. The molecule has 1 fully saturated rings. The van der Waals surface area contributed by atoms with Gasteiger partial charge in [0.25, 0.3) is 0 Å². The van der Waals surface area contributed by atoms with Crippen molar-refractivity contribution in [1.29, 1.82) is 0 Å². The summed E-state index contributed by atoms with van der Waals surface area (Å²) in [6, 6.07) is 0. The first kappa shape index (κ1) is 10.0. The lowest BCUT2D eigenvalue weighted by Crippen LogP contribution is -2.29. The fourth-order valence-electron chi connectivity index (χ4n) is 1.99. The van der Waals surface area contributed by atoms with Crippen molar-refractivity contribution in [3.05, 3.63) is 0 Å². The van der Waals surface area contributed by atoms with Crippen LogP contribution in [0.3, 0.4) is 0 Å². The van der Waals surface area contributed by atoms with E-state index in [2.05, 4.69) is 19.2 Å². The van der Waals surface area contributed by atoms with Crippen molar-refractivity contribution in [3.63, 3.8) is 0 Å². The lowest BCUT2D eigenvalue weighted by atomic mass is 9.92. The quantitative estimate of drug-likeness (QED) is 0.682. The Bertz CT molecular complexity index is 104.